The third-order valence-corrected chi connectivity index (χ3v) is 5.29. The highest BCUT2D eigenvalue weighted by molar-refractivity contribution is 5.93. The fourth-order valence-corrected chi connectivity index (χ4v) is 3.52. The number of carbonyl (C=O) groups is 1. The maximum atomic E-state index is 13.9. The summed E-state index contributed by atoms with van der Waals surface area (Å²) >= 11 is 0. The summed E-state index contributed by atoms with van der Waals surface area (Å²) in [7, 11) is 3.12. The number of methoxy groups -OCH3 is 1. The Morgan fingerprint density at radius 1 is 1.17 bits per heavy atom. The molecule has 1 aliphatic rings. The van der Waals surface area contributed by atoms with Crippen LogP contribution < -0.4 is 15.0 Å². The van der Waals surface area contributed by atoms with Gasteiger partial charge in [0.15, 0.2) is 11.6 Å². The lowest BCUT2D eigenvalue weighted by Gasteiger charge is -2.36. The van der Waals surface area contributed by atoms with Crippen LogP contribution in [0, 0.1) is 5.82 Å². The second kappa shape index (κ2) is 9.60. The molecule has 1 N–H and O–H groups in total. The van der Waals surface area contributed by atoms with Crippen molar-refractivity contribution in [2.24, 2.45) is 0 Å². The number of nitrogens with zero attached hydrogens (tertiary/aromatic N) is 3. The number of hydrogen-bond acceptors (Lipinski definition) is 4. The number of likely N-dealkylation sites (N-methyl/N-ethyl adjacent to an activating group) is 1. The third-order valence-electron chi connectivity index (χ3n) is 5.29. The second-order valence-corrected chi connectivity index (χ2v) is 7.19. The van der Waals surface area contributed by atoms with E-state index >= 15 is 0 Å². The van der Waals surface area contributed by atoms with Crippen molar-refractivity contribution in [1.82, 2.24) is 9.80 Å². The van der Waals surface area contributed by atoms with Crippen molar-refractivity contribution in [3.05, 3.63) is 53.8 Å². The SMILES string of the molecule is CCN1CCN(c2ccccc2NC(=O)N(C)Cc2ccc(OC)c(F)c2)CC1. The van der Waals surface area contributed by atoms with E-state index in [9.17, 15) is 9.18 Å². The molecule has 2 aromatic carbocycles. The minimum atomic E-state index is -0.435. The maximum Gasteiger partial charge on any atom is 0.321 e. The number of nitrogens with one attached hydrogen (secondary N) is 1. The quantitative estimate of drug-likeness (QED) is 0.804. The van der Waals surface area contributed by atoms with E-state index in [1.54, 1.807) is 19.2 Å². The second-order valence-electron chi connectivity index (χ2n) is 7.19. The number of amides is 2. The van der Waals surface area contributed by atoms with Crippen LogP contribution in [0.25, 0.3) is 0 Å². The molecule has 0 atom stereocenters. The van der Waals surface area contributed by atoms with Crippen LogP contribution in [0.5, 0.6) is 5.75 Å². The number of anilines is 2. The summed E-state index contributed by atoms with van der Waals surface area (Å²) in [5.41, 5.74) is 2.51. The number of piperazine rings is 1. The predicted molar refractivity (Wildman–Crippen MR) is 114 cm³/mol. The highest BCUT2D eigenvalue weighted by Gasteiger charge is 2.19. The van der Waals surface area contributed by atoms with Gasteiger partial charge in [0.1, 0.15) is 0 Å². The average Bonchev–Trinajstić information content (AvgIpc) is 2.74. The van der Waals surface area contributed by atoms with Gasteiger partial charge in [0.25, 0.3) is 0 Å². The zero-order valence-corrected chi connectivity index (χ0v) is 17.3. The molecule has 0 unspecified atom stereocenters. The van der Waals surface area contributed by atoms with Crippen molar-refractivity contribution < 1.29 is 13.9 Å². The molecule has 0 radical (unpaired) electrons. The first-order chi connectivity index (χ1) is 14.0. The van der Waals surface area contributed by atoms with E-state index in [-0.39, 0.29) is 11.8 Å². The van der Waals surface area contributed by atoms with Crippen molar-refractivity contribution in [1.29, 1.82) is 0 Å². The Kier molecular flexibility index (Phi) is 6.93. The first-order valence-electron chi connectivity index (χ1n) is 9.92. The minimum Gasteiger partial charge on any atom is -0.494 e. The fraction of sp³-hybridized carbons (Fsp3) is 0.409. The molecule has 29 heavy (non-hydrogen) atoms. The first kappa shape index (κ1) is 20.9. The van der Waals surface area contributed by atoms with Crippen molar-refractivity contribution in [2.75, 3.05) is 57.1 Å². The first-order valence-corrected chi connectivity index (χ1v) is 9.92. The van der Waals surface area contributed by atoms with Gasteiger partial charge in [-0.3, -0.25) is 0 Å². The van der Waals surface area contributed by atoms with Gasteiger partial charge in [-0.1, -0.05) is 25.1 Å². The van der Waals surface area contributed by atoms with Crippen LogP contribution >= 0.6 is 0 Å². The van der Waals surface area contributed by atoms with E-state index in [0.717, 1.165) is 44.1 Å². The standard InChI is InChI=1S/C22H29FN4O2/c1-4-26-11-13-27(14-12-26)20-8-6-5-7-19(20)24-22(28)25(2)16-17-9-10-21(29-3)18(23)15-17/h5-10,15H,4,11-14,16H2,1-3H3,(H,24,28). The normalized spacial score (nSPS) is 14.6. The van der Waals surface area contributed by atoms with Gasteiger partial charge < -0.3 is 24.8 Å². The van der Waals surface area contributed by atoms with Gasteiger partial charge in [-0.25, -0.2) is 9.18 Å². The number of ether oxygens (including phenoxy) is 1. The molecule has 0 spiro atoms. The van der Waals surface area contributed by atoms with Gasteiger partial charge in [0, 0.05) is 39.8 Å². The van der Waals surface area contributed by atoms with Crippen LogP contribution in [0.2, 0.25) is 0 Å². The highest BCUT2D eigenvalue weighted by atomic mass is 19.1. The molecular weight excluding hydrogens is 371 g/mol. The van der Waals surface area contributed by atoms with Crippen LogP contribution in [0.15, 0.2) is 42.5 Å². The Bertz CT molecular complexity index is 837. The van der Waals surface area contributed by atoms with Gasteiger partial charge in [0.2, 0.25) is 0 Å². The van der Waals surface area contributed by atoms with Crippen molar-refractivity contribution in [2.45, 2.75) is 13.5 Å². The minimum absolute atomic E-state index is 0.193. The van der Waals surface area contributed by atoms with Gasteiger partial charge in [0.05, 0.1) is 18.5 Å². The monoisotopic (exact) mass is 400 g/mol. The summed E-state index contributed by atoms with van der Waals surface area (Å²) < 4.78 is 18.8. The summed E-state index contributed by atoms with van der Waals surface area (Å²) in [6, 6.07) is 12.3. The van der Waals surface area contributed by atoms with E-state index in [1.165, 1.54) is 18.1 Å². The molecule has 3 rings (SSSR count). The molecule has 0 aromatic heterocycles. The Morgan fingerprint density at radius 2 is 1.90 bits per heavy atom. The van der Waals surface area contributed by atoms with Gasteiger partial charge in [-0.15, -0.1) is 0 Å². The van der Waals surface area contributed by atoms with Crippen LogP contribution in [-0.2, 0) is 6.54 Å². The zero-order valence-electron chi connectivity index (χ0n) is 17.3. The van der Waals surface area contributed by atoms with Crippen LogP contribution in [0.1, 0.15) is 12.5 Å². The average molecular weight is 400 g/mol. The summed E-state index contributed by atoms with van der Waals surface area (Å²) in [5, 5.41) is 3.00. The van der Waals surface area contributed by atoms with Gasteiger partial charge in [-0.05, 0) is 36.4 Å². The highest BCUT2D eigenvalue weighted by Crippen LogP contribution is 2.27. The van der Waals surface area contributed by atoms with E-state index in [1.807, 2.05) is 24.3 Å². The summed E-state index contributed by atoms with van der Waals surface area (Å²) in [4.78, 5) is 19.0. The molecule has 2 aromatic rings. The predicted octanol–water partition coefficient (Wildman–Crippen LogP) is 3.64. The largest absolute Gasteiger partial charge is 0.494 e. The van der Waals surface area contributed by atoms with Crippen molar-refractivity contribution >= 4 is 17.4 Å². The number of halogens is 1. The maximum absolute atomic E-state index is 13.9. The molecule has 7 heteroatoms. The molecule has 156 valence electrons. The number of urea groups is 1. The number of carbonyl (C=O) groups excluding carboxylic acids is 1. The molecule has 2 amide bonds. The zero-order chi connectivity index (χ0) is 20.8. The van der Waals surface area contributed by atoms with Gasteiger partial charge >= 0.3 is 6.03 Å². The summed E-state index contributed by atoms with van der Waals surface area (Å²) in [6.07, 6.45) is 0. The number of hydrogen-bond donors (Lipinski definition) is 1. The molecular formula is C22H29FN4O2. The van der Waals surface area contributed by atoms with E-state index < -0.39 is 5.82 Å². The summed E-state index contributed by atoms with van der Waals surface area (Å²) in [6.45, 7) is 7.42. The van der Waals surface area contributed by atoms with E-state index in [2.05, 4.69) is 22.0 Å². The molecule has 1 fully saturated rings. The van der Waals surface area contributed by atoms with Crippen molar-refractivity contribution in [3.63, 3.8) is 0 Å². The Morgan fingerprint density at radius 3 is 2.55 bits per heavy atom. The number of benzene rings is 2. The third kappa shape index (κ3) is 5.17. The molecule has 1 heterocycles. The molecule has 1 aliphatic heterocycles. The van der Waals surface area contributed by atoms with Crippen LogP contribution in [0.3, 0.4) is 0 Å². The van der Waals surface area contributed by atoms with Crippen LogP contribution in [-0.4, -0.2) is 62.7 Å². The molecule has 0 saturated carbocycles. The Hall–Kier alpha value is -2.80. The summed E-state index contributed by atoms with van der Waals surface area (Å²) in [5.74, 6) is -0.242. The van der Waals surface area contributed by atoms with E-state index in [4.69, 9.17) is 4.74 Å². The van der Waals surface area contributed by atoms with Gasteiger partial charge in [-0.2, -0.15) is 0 Å². The molecule has 1 saturated heterocycles. The molecule has 0 bridgehead atoms. The topological polar surface area (TPSA) is 48.0 Å². The lowest BCUT2D eigenvalue weighted by molar-refractivity contribution is 0.220. The molecule has 6 nitrogen and oxygen atoms in total. The fourth-order valence-electron chi connectivity index (χ4n) is 3.52. The van der Waals surface area contributed by atoms with E-state index in [0.29, 0.717) is 12.1 Å². The Labute approximate surface area is 171 Å². The Balaban J connectivity index is 1.65. The number of rotatable bonds is 6. The number of para-hydroxylation sites is 2. The smallest absolute Gasteiger partial charge is 0.321 e. The lowest BCUT2D eigenvalue weighted by atomic mass is 10.2. The molecule has 0 aliphatic carbocycles. The van der Waals surface area contributed by atoms with Crippen molar-refractivity contribution in [3.8, 4) is 5.75 Å². The lowest BCUT2D eigenvalue weighted by Crippen LogP contribution is -2.46. The van der Waals surface area contributed by atoms with Crippen LogP contribution in [0.4, 0.5) is 20.6 Å².